The fourth-order valence-corrected chi connectivity index (χ4v) is 4.63. The number of halogens is 2. The predicted octanol–water partition coefficient (Wildman–Crippen LogP) is 2.92. The number of rotatable bonds is 5. The van der Waals surface area contributed by atoms with Gasteiger partial charge >= 0.3 is 0 Å². The molecular weight excluding hydrogens is 321 g/mol. The SMILES string of the molecule is O=S(=O)(c1ccc(Cl)c(Cl)c1)N(CCO)C1CCCC1. The number of hydrogen-bond acceptors (Lipinski definition) is 3. The molecule has 112 valence electrons. The molecule has 1 N–H and O–H groups in total. The first-order chi connectivity index (χ1) is 9.46. The van der Waals surface area contributed by atoms with E-state index in [-0.39, 0.29) is 29.1 Å². The van der Waals surface area contributed by atoms with E-state index in [0.29, 0.717) is 5.02 Å². The summed E-state index contributed by atoms with van der Waals surface area (Å²) in [5.74, 6) is 0. The molecule has 0 unspecified atom stereocenters. The molecular formula is C13H17Cl2NO3S. The van der Waals surface area contributed by atoms with Crippen LogP contribution in [0.4, 0.5) is 0 Å². The zero-order chi connectivity index (χ0) is 14.8. The Morgan fingerprint density at radius 2 is 1.85 bits per heavy atom. The van der Waals surface area contributed by atoms with Gasteiger partial charge in [0.25, 0.3) is 0 Å². The lowest BCUT2D eigenvalue weighted by atomic mass is 10.2. The summed E-state index contributed by atoms with van der Waals surface area (Å²) in [4.78, 5) is 0.118. The summed E-state index contributed by atoms with van der Waals surface area (Å²) in [7, 11) is -3.66. The van der Waals surface area contributed by atoms with Crippen molar-refractivity contribution < 1.29 is 13.5 Å². The third-order valence-corrected chi connectivity index (χ3v) is 6.24. The number of sulfonamides is 1. The molecule has 0 atom stereocenters. The molecule has 1 aliphatic carbocycles. The highest BCUT2D eigenvalue weighted by Crippen LogP contribution is 2.31. The number of benzene rings is 1. The Bertz CT molecular complexity index is 571. The quantitative estimate of drug-likeness (QED) is 0.898. The minimum absolute atomic E-state index is 0.0402. The smallest absolute Gasteiger partial charge is 0.243 e. The third kappa shape index (κ3) is 3.28. The summed E-state index contributed by atoms with van der Waals surface area (Å²) in [6.45, 7) is -0.0930. The molecule has 0 amide bonds. The molecule has 20 heavy (non-hydrogen) atoms. The maximum atomic E-state index is 12.7. The van der Waals surface area contributed by atoms with E-state index in [4.69, 9.17) is 28.3 Å². The van der Waals surface area contributed by atoms with Gasteiger partial charge in [0.15, 0.2) is 0 Å². The molecule has 0 radical (unpaired) electrons. The summed E-state index contributed by atoms with van der Waals surface area (Å²) in [6, 6.07) is 4.24. The van der Waals surface area contributed by atoms with E-state index >= 15 is 0 Å². The van der Waals surface area contributed by atoms with Crippen LogP contribution in [-0.4, -0.2) is 37.0 Å². The van der Waals surface area contributed by atoms with Crippen molar-refractivity contribution in [3.8, 4) is 0 Å². The summed E-state index contributed by atoms with van der Waals surface area (Å²) in [5, 5.41) is 9.68. The van der Waals surface area contributed by atoms with Crippen LogP contribution >= 0.6 is 23.2 Å². The van der Waals surface area contributed by atoms with E-state index in [2.05, 4.69) is 0 Å². The average molecular weight is 338 g/mol. The third-order valence-electron chi connectivity index (χ3n) is 3.55. The lowest BCUT2D eigenvalue weighted by molar-refractivity contribution is 0.226. The topological polar surface area (TPSA) is 57.6 Å². The van der Waals surface area contributed by atoms with Gasteiger partial charge in [0.2, 0.25) is 10.0 Å². The van der Waals surface area contributed by atoms with Crippen molar-refractivity contribution in [2.45, 2.75) is 36.6 Å². The van der Waals surface area contributed by atoms with Crippen LogP contribution in [0.25, 0.3) is 0 Å². The maximum Gasteiger partial charge on any atom is 0.243 e. The van der Waals surface area contributed by atoms with Gasteiger partial charge in [0.1, 0.15) is 0 Å². The Labute approximate surface area is 129 Å². The van der Waals surface area contributed by atoms with Crippen molar-refractivity contribution in [1.82, 2.24) is 4.31 Å². The minimum Gasteiger partial charge on any atom is -0.395 e. The Hall–Kier alpha value is -0.330. The molecule has 4 nitrogen and oxygen atoms in total. The van der Waals surface area contributed by atoms with Gasteiger partial charge in [-0.2, -0.15) is 4.31 Å². The van der Waals surface area contributed by atoms with Gasteiger partial charge in [-0.25, -0.2) is 8.42 Å². The molecule has 1 aliphatic rings. The number of aliphatic hydroxyl groups is 1. The number of hydrogen-bond donors (Lipinski definition) is 1. The second kappa shape index (κ2) is 6.62. The molecule has 7 heteroatoms. The fraction of sp³-hybridized carbons (Fsp3) is 0.538. The molecule has 0 aromatic heterocycles. The van der Waals surface area contributed by atoms with Crippen LogP contribution in [0.1, 0.15) is 25.7 Å². The van der Waals surface area contributed by atoms with Crippen molar-refractivity contribution in [3.05, 3.63) is 28.2 Å². The van der Waals surface area contributed by atoms with Gasteiger partial charge in [-0.3, -0.25) is 0 Å². The molecule has 0 saturated heterocycles. The molecule has 2 rings (SSSR count). The Morgan fingerprint density at radius 1 is 1.20 bits per heavy atom. The zero-order valence-electron chi connectivity index (χ0n) is 10.9. The first-order valence-corrected chi connectivity index (χ1v) is 8.74. The van der Waals surface area contributed by atoms with Crippen LogP contribution in [0.2, 0.25) is 10.0 Å². The monoisotopic (exact) mass is 337 g/mol. The Kier molecular flexibility index (Phi) is 5.31. The molecule has 0 bridgehead atoms. The van der Waals surface area contributed by atoms with E-state index in [0.717, 1.165) is 25.7 Å². The zero-order valence-corrected chi connectivity index (χ0v) is 13.3. The summed E-state index contributed by atoms with van der Waals surface area (Å²) < 4.78 is 26.8. The normalized spacial score (nSPS) is 17.0. The Morgan fingerprint density at radius 3 is 2.40 bits per heavy atom. The van der Waals surface area contributed by atoms with E-state index < -0.39 is 10.0 Å². The highest BCUT2D eigenvalue weighted by Gasteiger charge is 2.33. The van der Waals surface area contributed by atoms with E-state index in [1.807, 2.05) is 0 Å². The predicted molar refractivity (Wildman–Crippen MR) is 79.7 cm³/mol. The second-order valence-corrected chi connectivity index (χ2v) is 7.56. The van der Waals surface area contributed by atoms with Gasteiger partial charge in [-0.05, 0) is 31.0 Å². The second-order valence-electron chi connectivity index (χ2n) is 4.85. The largest absolute Gasteiger partial charge is 0.395 e. The summed E-state index contributed by atoms with van der Waals surface area (Å²) >= 11 is 11.7. The van der Waals surface area contributed by atoms with Crippen molar-refractivity contribution >= 4 is 33.2 Å². The Balaban J connectivity index is 2.36. The van der Waals surface area contributed by atoms with Crippen molar-refractivity contribution in [2.75, 3.05) is 13.2 Å². The van der Waals surface area contributed by atoms with Crippen LogP contribution in [0, 0.1) is 0 Å². The van der Waals surface area contributed by atoms with Crippen LogP contribution < -0.4 is 0 Å². The minimum atomic E-state index is -3.66. The molecule has 1 fully saturated rings. The van der Waals surface area contributed by atoms with Crippen molar-refractivity contribution in [1.29, 1.82) is 0 Å². The maximum absolute atomic E-state index is 12.7. The van der Waals surface area contributed by atoms with Gasteiger partial charge in [0, 0.05) is 12.6 Å². The average Bonchev–Trinajstić information content (AvgIpc) is 2.92. The molecule has 0 heterocycles. The standard InChI is InChI=1S/C13H17Cl2NO3S/c14-12-6-5-11(9-13(12)15)20(18,19)16(7-8-17)10-3-1-2-4-10/h5-6,9-10,17H,1-4,7-8H2. The highest BCUT2D eigenvalue weighted by molar-refractivity contribution is 7.89. The first-order valence-electron chi connectivity index (χ1n) is 6.54. The molecule has 1 aromatic rings. The van der Waals surface area contributed by atoms with Crippen LogP contribution in [0.3, 0.4) is 0 Å². The highest BCUT2D eigenvalue weighted by atomic mass is 35.5. The molecule has 0 spiro atoms. The van der Waals surface area contributed by atoms with Gasteiger partial charge < -0.3 is 5.11 Å². The van der Waals surface area contributed by atoms with E-state index in [1.165, 1.54) is 22.5 Å². The lowest BCUT2D eigenvalue weighted by Gasteiger charge is -2.27. The van der Waals surface area contributed by atoms with Crippen LogP contribution in [-0.2, 0) is 10.0 Å². The van der Waals surface area contributed by atoms with E-state index in [9.17, 15) is 8.42 Å². The van der Waals surface area contributed by atoms with Gasteiger partial charge in [0.05, 0.1) is 21.5 Å². The molecule has 1 saturated carbocycles. The summed E-state index contributed by atoms with van der Waals surface area (Å²) in [5.41, 5.74) is 0. The summed E-state index contributed by atoms with van der Waals surface area (Å²) in [6.07, 6.45) is 3.70. The lowest BCUT2D eigenvalue weighted by Crippen LogP contribution is -2.40. The van der Waals surface area contributed by atoms with Crippen molar-refractivity contribution in [3.63, 3.8) is 0 Å². The first kappa shape index (κ1) is 16.0. The van der Waals surface area contributed by atoms with Crippen LogP contribution in [0.15, 0.2) is 23.1 Å². The number of aliphatic hydroxyl groups excluding tert-OH is 1. The van der Waals surface area contributed by atoms with Crippen LogP contribution in [0.5, 0.6) is 0 Å². The van der Waals surface area contributed by atoms with Crippen molar-refractivity contribution in [2.24, 2.45) is 0 Å². The number of nitrogens with zero attached hydrogens (tertiary/aromatic N) is 1. The fourth-order valence-electron chi connectivity index (χ4n) is 2.56. The van der Waals surface area contributed by atoms with Gasteiger partial charge in [-0.15, -0.1) is 0 Å². The molecule has 1 aromatic carbocycles. The van der Waals surface area contributed by atoms with Gasteiger partial charge in [-0.1, -0.05) is 36.0 Å². The molecule has 0 aliphatic heterocycles. The van der Waals surface area contributed by atoms with E-state index in [1.54, 1.807) is 0 Å².